The standard InChI is InChI=1S/C20H24N8O2/c1-5-28-17(8-12(2)25-28)15-11-27(6-7-30-4)20(24-15)18-13-10-22-26(3)16(13)9-14(23-18)19(21)29/h8-11H,5-7H2,1-4H3,(H2,21,29). The highest BCUT2D eigenvalue weighted by Crippen LogP contribution is 2.30. The molecule has 30 heavy (non-hydrogen) atoms. The number of methoxy groups -OCH3 is 1. The normalized spacial score (nSPS) is 11.5. The average molecular weight is 408 g/mol. The van der Waals surface area contributed by atoms with Crippen molar-refractivity contribution in [2.45, 2.75) is 26.9 Å². The highest BCUT2D eigenvalue weighted by molar-refractivity contribution is 5.99. The van der Waals surface area contributed by atoms with E-state index < -0.39 is 5.91 Å². The molecule has 0 aliphatic heterocycles. The first kappa shape index (κ1) is 19.8. The Morgan fingerprint density at radius 3 is 2.77 bits per heavy atom. The van der Waals surface area contributed by atoms with E-state index in [1.54, 1.807) is 24.1 Å². The maximum Gasteiger partial charge on any atom is 0.267 e. The van der Waals surface area contributed by atoms with Gasteiger partial charge in [0.1, 0.15) is 17.1 Å². The molecule has 1 amide bonds. The van der Waals surface area contributed by atoms with Crippen LogP contribution in [-0.4, -0.2) is 53.7 Å². The molecule has 4 heterocycles. The Balaban J connectivity index is 1.96. The number of hydrogen-bond acceptors (Lipinski definition) is 6. The van der Waals surface area contributed by atoms with E-state index in [1.807, 2.05) is 42.4 Å². The molecule has 4 aromatic rings. The lowest BCUT2D eigenvalue weighted by atomic mass is 10.2. The molecule has 10 nitrogen and oxygen atoms in total. The molecule has 0 saturated carbocycles. The van der Waals surface area contributed by atoms with Gasteiger partial charge >= 0.3 is 0 Å². The summed E-state index contributed by atoms with van der Waals surface area (Å²) in [5, 5.41) is 9.63. The van der Waals surface area contributed by atoms with Gasteiger partial charge in [-0.05, 0) is 26.0 Å². The topological polar surface area (TPSA) is 119 Å². The summed E-state index contributed by atoms with van der Waals surface area (Å²) < 4.78 is 10.8. The van der Waals surface area contributed by atoms with Gasteiger partial charge in [0.25, 0.3) is 5.91 Å². The average Bonchev–Trinajstić information content (AvgIpc) is 3.42. The molecule has 0 unspecified atom stereocenters. The Labute approximate surface area is 173 Å². The van der Waals surface area contributed by atoms with Crippen molar-refractivity contribution in [3.8, 4) is 22.9 Å². The summed E-state index contributed by atoms with van der Waals surface area (Å²) in [4.78, 5) is 21.3. The van der Waals surface area contributed by atoms with Gasteiger partial charge in [0.15, 0.2) is 5.82 Å². The van der Waals surface area contributed by atoms with Gasteiger partial charge in [-0.15, -0.1) is 0 Å². The van der Waals surface area contributed by atoms with Crippen LogP contribution in [0.2, 0.25) is 0 Å². The van der Waals surface area contributed by atoms with Gasteiger partial charge in [-0.25, -0.2) is 9.97 Å². The minimum atomic E-state index is -0.603. The van der Waals surface area contributed by atoms with Crippen molar-refractivity contribution in [1.29, 1.82) is 0 Å². The quantitative estimate of drug-likeness (QED) is 0.498. The number of aromatic nitrogens is 7. The smallest absolute Gasteiger partial charge is 0.267 e. The Bertz CT molecular complexity index is 1230. The van der Waals surface area contributed by atoms with Crippen LogP contribution in [0.3, 0.4) is 0 Å². The van der Waals surface area contributed by atoms with E-state index in [0.29, 0.717) is 24.7 Å². The van der Waals surface area contributed by atoms with Crippen molar-refractivity contribution in [3.63, 3.8) is 0 Å². The van der Waals surface area contributed by atoms with Crippen LogP contribution in [0.5, 0.6) is 0 Å². The first-order valence-corrected chi connectivity index (χ1v) is 9.66. The van der Waals surface area contributed by atoms with Gasteiger partial charge in [0.2, 0.25) is 0 Å². The van der Waals surface area contributed by atoms with Crippen molar-refractivity contribution in [2.24, 2.45) is 12.8 Å². The predicted molar refractivity (Wildman–Crippen MR) is 112 cm³/mol. The number of carbonyl (C=O) groups excluding carboxylic acids is 1. The molecular formula is C20H24N8O2. The Kier molecular flexibility index (Phi) is 5.08. The predicted octanol–water partition coefficient (Wildman–Crippen LogP) is 1.77. The maximum atomic E-state index is 11.9. The maximum absolute atomic E-state index is 11.9. The summed E-state index contributed by atoms with van der Waals surface area (Å²) in [6.45, 7) is 5.79. The van der Waals surface area contributed by atoms with Gasteiger partial charge < -0.3 is 15.0 Å². The zero-order valence-corrected chi connectivity index (χ0v) is 17.5. The summed E-state index contributed by atoms with van der Waals surface area (Å²) in [6, 6.07) is 3.65. The fraction of sp³-hybridized carbons (Fsp3) is 0.350. The van der Waals surface area contributed by atoms with Crippen LogP contribution in [0.1, 0.15) is 23.1 Å². The van der Waals surface area contributed by atoms with E-state index in [4.69, 9.17) is 15.5 Å². The number of nitrogens with zero attached hydrogens (tertiary/aromatic N) is 7. The molecule has 4 aromatic heterocycles. The third-order valence-corrected chi connectivity index (χ3v) is 4.99. The number of amides is 1. The molecule has 4 rings (SSSR count). The number of pyridine rings is 1. The number of hydrogen-bond donors (Lipinski definition) is 1. The van der Waals surface area contributed by atoms with Crippen molar-refractivity contribution in [1.82, 2.24) is 34.1 Å². The van der Waals surface area contributed by atoms with Crippen molar-refractivity contribution < 1.29 is 9.53 Å². The molecular weight excluding hydrogens is 384 g/mol. The van der Waals surface area contributed by atoms with Crippen molar-refractivity contribution in [3.05, 3.63) is 35.9 Å². The summed E-state index contributed by atoms with van der Waals surface area (Å²) in [5.74, 6) is 0.0129. The van der Waals surface area contributed by atoms with Gasteiger partial charge in [-0.1, -0.05) is 0 Å². The van der Waals surface area contributed by atoms with Crippen LogP contribution in [-0.2, 0) is 24.9 Å². The number of primary amides is 1. The molecule has 0 aliphatic rings. The van der Waals surface area contributed by atoms with Crippen molar-refractivity contribution >= 4 is 16.8 Å². The SMILES string of the molecule is CCn1nc(C)cc1-c1cn(CCOC)c(-c2nc(C(N)=O)cc3c2cnn3C)n1. The third-order valence-electron chi connectivity index (χ3n) is 4.99. The van der Waals surface area contributed by atoms with E-state index >= 15 is 0 Å². The molecule has 0 saturated heterocycles. The Morgan fingerprint density at radius 1 is 1.27 bits per heavy atom. The van der Waals surface area contributed by atoms with Crippen LogP contribution >= 0.6 is 0 Å². The first-order valence-electron chi connectivity index (χ1n) is 9.66. The third kappa shape index (κ3) is 3.35. The minimum Gasteiger partial charge on any atom is -0.383 e. The monoisotopic (exact) mass is 408 g/mol. The van der Waals surface area contributed by atoms with Crippen LogP contribution < -0.4 is 5.73 Å². The minimum absolute atomic E-state index is 0.165. The van der Waals surface area contributed by atoms with E-state index in [-0.39, 0.29) is 5.69 Å². The van der Waals surface area contributed by atoms with E-state index in [9.17, 15) is 4.79 Å². The van der Waals surface area contributed by atoms with Crippen LogP contribution in [0.25, 0.3) is 33.8 Å². The number of imidazole rings is 1. The van der Waals surface area contributed by atoms with Gasteiger partial charge in [0, 0.05) is 38.8 Å². The van der Waals surface area contributed by atoms with E-state index in [2.05, 4.69) is 15.2 Å². The van der Waals surface area contributed by atoms with Gasteiger partial charge in [-0.2, -0.15) is 10.2 Å². The number of aryl methyl sites for hydroxylation is 3. The molecule has 0 aromatic carbocycles. The summed E-state index contributed by atoms with van der Waals surface area (Å²) in [5.41, 5.74) is 9.62. The van der Waals surface area contributed by atoms with Crippen LogP contribution in [0.4, 0.5) is 0 Å². The van der Waals surface area contributed by atoms with Crippen molar-refractivity contribution in [2.75, 3.05) is 13.7 Å². The Hall–Kier alpha value is -3.53. The van der Waals surface area contributed by atoms with Gasteiger partial charge in [0.05, 0.1) is 29.7 Å². The number of ether oxygens (including phenoxy) is 1. The molecule has 0 aliphatic carbocycles. The highest BCUT2D eigenvalue weighted by atomic mass is 16.5. The highest BCUT2D eigenvalue weighted by Gasteiger charge is 2.21. The first-order chi connectivity index (χ1) is 14.4. The lowest BCUT2D eigenvalue weighted by molar-refractivity contribution is 0.0996. The van der Waals surface area contributed by atoms with Crippen LogP contribution in [0, 0.1) is 6.92 Å². The molecule has 0 fully saturated rings. The number of rotatable bonds is 7. The lowest BCUT2D eigenvalue weighted by Crippen LogP contribution is -2.14. The molecule has 10 heteroatoms. The summed E-state index contributed by atoms with van der Waals surface area (Å²) in [6.07, 6.45) is 3.68. The second-order valence-electron chi connectivity index (χ2n) is 7.04. The zero-order valence-electron chi connectivity index (χ0n) is 17.5. The molecule has 0 radical (unpaired) electrons. The second-order valence-corrected chi connectivity index (χ2v) is 7.04. The lowest BCUT2D eigenvalue weighted by Gasteiger charge is -2.08. The fourth-order valence-corrected chi connectivity index (χ4v) is 3.52. The summed E-state index contributed by atoms with van der Waals surface area (Å²) >= 11 is 0. The Morgan fingerprint density at radius 2 is 2.07 bits per heavy atom. The molecule has 0 spiro atoms. The van der Waals surface area contributed by atoms with E-state index in [0.717, 1.165) is 34.5 Å². The number of fused-ring (bicyclic) bond motifs is 1. The summed E-state index contributed by atoms with van der Waals surface area (Å²) in [7, 11) is 3.46. The molecule has 156 valence electrons. The van der Waals surface area contributed by atoms with Gasteiger partial charge in [-0.3, -0.25) is 14.2 Å². The number of carbonyl (C=O) groups is 1. The second kappa shape index (κ2) is 7.71. The molecule has 2 N–H and O–H groups in total. The molecule has 0 atom stereocenters. The van der Waals surface area contributed by atoms with Crippen LogP contribution in [0.15, 0.2) is 24.5 Å². The molecule has 0 bridgehead atoms. The zero-order chi connectivity index (χ0) is 21.4. The number of nitrogens with two attached hydrogens (primary N) is 1. The van der Waals surface area contributed by atoms with E-state index in [1.165, 1.54) is 0 Å². The largest absolute Gasteiger partial charge is 0.383 e. The fourth-order valence-electron chi connectivity index (χ4n) is 3.52.